The molecule has 1 saturated heterocycles. The first kappa shape index (κ1) is 22.8. The van der Waals surface area contributed by atoms with Crippen molar-refractivity contribution in [2.45, 2.75) is 25.6 Å². The van der Waals surface area contributed by atoms with Gasteiger partial charge >= 0.3 is 6.18 Å². The van der Waals surface area contributed by atoms with E-state index < -0.39 is 33.5 Å². The third kappa shape index (κ3) is 4.72. The van der Waals surface area contributed by atoms with E-state index in [2.05, 4.69) is 15.5 Å². The zero-order chi connectivity index (χ0) is 24.0. The fraction of sp³-hybridized carbons (Fsp3) is 0.350. The molecule has 1 fully saturated rings. The Morgan fingerprint density at radius 1 is 1.24 bits per heavy atom. The third-order valence-corrected chi connectivity index (χ3v) is 6.96. The maximum atomic E-state index is 13.1. The first-order valence-electron chi connectivity index (χ1n) is 9.86. The highest BCUT2D eigenvalue weighted by atomic mass is 32.2. The van der Waals surface area contributed by atoms with E-state index in [0.717, 1.165) is 16.8 Å². The van der Waals surface area contributed by atoms with Gasteiger partial charge in [-0.2, -0.15) is 23.4 Å². The molecule has 1 unspecified atom stereocenters. The largest absolute Gasteiger partial charge is 0.493 e. The van der Waals surface area contributed by atoms with Crippen molar-refractivity contribution in [1.82, 2.24) is 19.6 Å². The Kier molecular flexibility index (Phi) is 5.68. The lowest BCUT2D eigenvalue weighted by Crippen LogP contribution is -2.20. The van der Waals surface area contributed by atoms with Gasteiger partial charge in [-0.25, -0.2) is 17.8 Å². The number of hydrogen-bond acceptors (Lipinski definition) is 6. The molecule has 3 heterocycles. The quantitative estimate of drug-likeness (QED) is 0.598. The molecule has 1 amide bonds. The maximum absolute atomic E-state index is 13.1. The number of ether oxygens (including phenoxy) is 1. The lowest BCUT2D eigenvalue weighted by atomic mass is 10.2. The Morgan fingerprint density at radius 2 is 2.00 bits per heavy atom. The first-order chi connectivity index (χ1) is 15.5. The second-order valence-electron chi connectivity index (χ2n) is 7.67. The number of aryl methyl sites for hydroxylation is 1. The fourth-order valence-electron chi connectivity index (χ4n) is 3.65. The minimum absolute atomic E-state index is 0.0409. The molecular weight excluding hydrogens is 463 g/mol. The number of benzene rings is 1. The molecule has 4 rings (SSSR count). The van der Waals surface area contributed by atoms with Gasteiger partial charge in [-0.1, -0.05) is 6.07 Å². The highest BCUT2D eigenvalue weighted by molar-refractivity contribution is 7.91. The predicted molar refractivity (Wildman–Crippen MR) is 112 cm³/mol. The van der Waals surface area contributed by atoms with Crippen LogP contribution in [0.5, 0.6) is 5.75 Å². The third-order valence-electron chi connectivity index (χ3n) is 5.21. The van der Waals surface area contributed by atoms with Crippen LogP contribution in [0.25, 0.3) is 5.69 Å². The number of carbonyl (C=O) groups is 1. The molecule has 0 radical (unpaired) electrons. The van der Waals surface area contributed by atoms with Gasteiger partial charge in [-0.05, 0) is 31.5 Å². The summed E-state index contributed by atoms with van der Waals surface area (Å²) in [5.74, 6) is -0.380. The number of anilines is 1. The summed E-state index contributed by atoms with van der Waals surface area (Å²) in [6.07, 6.45) is -2.85. The van der Waals surface area contributed by atoms with Crippen LogP contribution in [0.2, 0.25) is 0 Å². The van der Waals surface area contributed by atoms with Crippen molar-refractivity contribution >= 4 is 21.6 Å². The molecule has 9 nitrogen and oxygen atoms in total. The van der Waals surface area contributed by atoms with Crippen LogP contribution in [-0.4, -0.2) is 52.5 Å². The lowest BCUT2D eigenvalue weighted by molar-refractivity contribution is -0.137. The Hall–Kier alpha value is -3.35. The van der Waals surface area contributed by atoms with Crippen molar-refractivity contribution in [1.29, 1.82) is 0 Å². The minimum atomic E-state index is -4.53. The number of nitrogens with zero attached hydrogens (tertiary/aromatic N) is 4. The number of methoxy groups -OCH3 is 1. The summed E-state index contributed by atoms with van der Waals surface area (Å²) in [7, 11) is -1.87. The van der Waals surface area contributed by atoms with Gasteiger partial charge in [0.05, 0.1) is 47.8 Å². The number of carbonyl (C=O) groups excluding carboxylic acids is 1. The van der Waals surface area contributed by atoms with Crippen LogP contribution in [0.15, 0.2) is 36.5 Å². The van der Waals surface area contributed by atoms with Gasteiger partial charge in [0.1, 0.15) is 5.82 Å². The molecule has 1 aromatic carbocycles. The van der Waals surface area contributed by atoms with Crippen LogP contribution in [0.4, 0.5) is 19.0 Å². The van der Waals surface area contributed by atoms with Crippen LogP contribution < -0.4 is 10.1 Å². The van der Waals surface area contributed by atoms with E-state index in [-0.39, 0.29) is 34.5 Å². The molecule has 1 atom stereocenters. The highest BCUT2D eigenvalue weighted by Crippen LogP contribution is 2.31. The van der Waals surface area contributed by atoms with Crippen molar-refractivity contribution < 1.29 is 31.1 Å². The molecule has 0 aliphatic carbocycles. The summed E-state index contributed by atoms with van der Waals surface area (Å²) in [4.78, 5) is 13.0. The predicted octanol–water partition coefficient (Wildman–Crippen LogP) is 3.02. The van der Waals surface area contributed by atoms with Crippen molar-refractivity contribution in [3.05, 3.63) is 53.5 Å². The number of halogens is 3. The van der Waals surface area contributed by atoms with Crippen LogP contribution in [0, 0.1) is 6.92 Å². The van der Waals surface area contributed by atoms with Gasteiger partial charge in [-0.15, -0.1) is 0 Å². The zero-order valence-corrected chi connectivity index (χ0v) is 18.4. The highest BCUT2D eigenvalue weighted by Gasteiger charge is 2.32. The minimum Gasteiger partial charge on any atom is -0.493 e. The number of aromatic nitrogens is 4. The van der Waals surface area contributed by atoms with Crippen molar-refractivity contribution in [3.63, 3.8) is 0 Å². The molecule has 0 spiro atoms. The average molecular weight is 483 g/mol. The maximum Gasteiger partial charge on any atom is 0.416 e. The van der Waals surface area contributed by atoms with Gasteiger partial charge in [0.2, 0.25) is 0 Å². The monoisotopic (exact) mass is 483 g/mol. The van der Waals surface area contributed by atoms with Crippen LogP contribution in [0.1, 0.15) is 34.2 Å². The number of amides is 1. The van der Waals surface area contributed by atoms with Crippen LogP contribution >= 0.6 is 0 Å². The average Bonchev–Trinajstić information content (AvgIpc) is 3.43. The van der Waals surface area contributed by atoms with Gasteiger partial charge in [0.15, 0.2) is 21.3 Å². The second kappa shape index (κ2) is 8.21. The summed E-state index contributed by atoms with van der Waals surface area (Å²) >= 11 is 0. The molecule has 1 aliphatic rings. The molecule has 176 valence electrons. The van der Waals surface area contributed by atoms with E-state index in [0.29, 0.717) is 12.1 Å². The number of sulfone groups is 1. The molecule has 33 heavy (non-hydrogen) atoms. The summed E-state index contributed by atoms with van der Waals surface area (Å²) in [6.45, 7) is 1.71. The Balaban J connectivity index is 1.63. The molecule has 3 aromatic rings. The SMILES string of the molecule is COc1cn(-c2cccc(C(F)(F)F)c2)nc1C(=O)Nc1cc(C)nn1C1CCS(=O)(=O)C1. The topological polar surface area (TPSA) is 108 Å². The lowest BCUT2D eigenvalue weighted by Gasteiger charge is -2.13. The smallest absolute Gasteiger partial charge is 0.416 e. The second-order valence-corrected chi connectivity index (χ2v) is 9.89. The number of rotatable bonds is 5. The zero-order valence-electron chi connectivity index (χ0n) is 17.6. The summed E-state index contributed by atoms with van der Waals surface area (Å²) in [5, 5.41) is 11.1. The molecule has 2 aromatic heterocycles. The van der Waals surface area contributed by atoms with Gasteiger partial charge in [0.25, 0.3) is 5.91 Å². The van der Waals surface area contributed by atoms with Crippen molar-refractivity contribution in [2.75, 3.05) is 23.9 Å². The van der Waals surface area contributed by atoms with Crippen LogP contribution in [0.3, 0.4) is 0 Å². The number of hydrogen-bond donors (Lipinski definition) is 1. The summed E-state index contributed by atoms with van der Waals surface area (Å²) in [6, 6.07) is 5.69. The molecule has 1 N–H and O–H groups in total. The van der Waals surface area contributed by atoms with Crippen molar-refractivity contribution in [2.24, 2.45) is 0 Å². The van der Waals surface area contributed by atoms with Gasteiger partial charge < -0.3 is 10.1 Å². The van der Waals surface area contributed by atoms with Gasteiger partial charge in [0, 0.05) is 6.07 Å². The Morgan fingerprint density at radius 3 is 2.64 bits per heavy atom. The molecule has 0 saturated carbocycles. The van der Waals surface area contributed by atoms with E-state index in [4.69, 9.17) is 4.74 Å². The van der Waals surface area contributed by atoms with E-state index in [9.17, 15) is 26.4 Å². The fourth-order valence-corrected chi connectivity index (χ4v) is 5.35. The van der Waals surface area contributed by atoms with Crippen LogP contribution in [-0.2, 0) is 16.0 Å². The van der Waals surface area contributed by atoms with E-state index >= 15 is 0 Å². The normalized spacial score (nSPS) is 17.8. The summed E-state index contributed by atoms with van der Waals surface area (Å²) < 4.78 is 70.7. The molecule has 13 heteroatoms. The van der Waals surface area contributed by atoms with Gasteiger partial charge in [-0.3, -0.25) is 4.79 Å². The molecular formula is C20H20F3N5O4S. The summed E-state index contributed by atoms with van der Waals surface area (Å²) in [5.41, 5.74) is -0.332. The Bertz CT molecular complexity index is 1310. The first-order valence-corrected chi connectivity index (χ1v) is 11.7. The van der Waals surface area contributed by atoms with E-state index in [1.54, 1.807) is 13.0 Å². The standard InChI is InChI=1S/C20H20F3N5O4S/c1-12-8-17(28(25-12)15-6-7-33(30,31)11-15)24-19(29)18-16(32-2)10-27(26-18)14-5-3-4-13(9-14)20(21,22)23/h3-5,8-10,15H,6-7,11H2,1-2H3,(H,24,29). The number of nitrogens with one attached hydrogen (secondary N) is 1. The molecule has 0 bridgehead atoms. The van der Waals surface area contributed by atoms with E-state index in [1.807, 2.05) is 0 Å². The molecule has 1 aliphatic heterocycles. The number of alkyl halides is 3. The van der Waals surface area contributed by atoms with E-state index in [1.165, 1.54) is 30.1 Å². The Labute approximate surface area is 187 Å². The van der Waals surface area contributed by atoms with Crippen molar-refractivity contribution in [3.8, 4) is 11.4 Å².